The molecular weight excluding hydrogens is 240 g/mol. The Bertz CT molecular complexity index is 517. The number of rotatable bonds is 5. The van der Waals surface area contributed by atoms with Gasteiger partial charge < -0.3 is 9.84 Å². The van der Waals surface area contributed by atoms with Crippen LogP contribution < -0.4 is 4.74 Å². The van der Waals surface area contributed by atoms with Crippen LogP contribution in [-0.4, -0.2) is 22.2 Å². The molecule has 0 spiro atoms. The van der Waals surface area contributed by atoms with Gasteiger partial charge in [0, 0.05) is 18.3 Å². The van der Waals surface area contributed by atoms with Gasteiger partial charge in [-0.25, -0.2) is 4.98 Å². The summed E-state index contributed by atoms with van der Waals surface area (Å²) >= 11 is 0. The summed E-state index contributed by atoms with van der Waals surface area (Å²) in [6, 6.07) is 9.93. The Hall–Kier alpha value is -1.94. The van der Waals surface area contributed by atoms with E-state index < -0.39 is 6.10 Å². The lowest BCUT2D eigenvalue weighted by molar-refractivity contribution is 0.133. The number of aromatic nitrogens is 2. The minimum atomic E-state index is -0.726. The fourth-order valence-electron chi connectivity index (χ4n) is 2.23. The maximum absolute atomic E-state index is 10.6. The second-order valence-corrected chi connectivity index (χ2v) is 4.32. The molecule has 1 aromatic heterocycles. The van der Waals surface area contributed by atoms with Crippen molar-refractivity contribution >= 4 is 0 Å². The fourth-order valence-corrected chi connectivity index (χ4v) is 2.23. The molecule has 1 N–H and O–H groups in total. The number of aliphatic hydroxyl groups excluding tert-OH is 1. The van der Waals surface area contributed by atoms with Crippen LogP contribution in [0.15, 0.2) is 42.7 Å². The fraction of sp³-hybridized carbons (Fsp3) is 0.333. The third-order valence-corrected chi connectivity index (χ3v) is 3.21. The van der Waals surface area contributed by atoms with Crippen molar-refractivity contribution in [3.05, 3.63) is 54.0 Å². The SMILES string of the molecule is CCC(c1ccccc1)C(O)c1nccnc1OC. The van der Waals surface area contributed by atoms with Crippen LogP contribution in [0.2, 0.25) is 0 Å². The van der Waals surface area contributed by atoms with Crippen LogP contribution in [0, 0.1) is 0 Å². The molecule has 19 heavy (non-hydrogen) atoms. The van der Waals surface area contributed by atoms with Crippen molar-refractivity contribution in [3.8, 4) is 5.88 Å². The average Bonchev–Trinajstić information content (AvgIpc) is 2.49. The van der Waals surface area contributed by atoms with Gasteiger partial charge in [0.2, 0.25) is 5.88 Å². The van der Waals surface area contributed by atoms with E-state index in [1.165, 1.54) is 7.11 Å². The second-order valence-electron chi connectivity index (χ2n) is 4.32. The Kier molecular flexibility index (Phi) is 4.47. The Morgan fingerprint density at radius 1 is 1.16 bits per heavy atom. The van der Waals surface area contributed by atoms with E-state index in [1.807, 2.05) is 37.3 Å². The van der Waals surface area contributed by atoms with Crippen LogP contribution in [0.4, 0.5) is 0 Å². The molecule has 0 saturated heterocycles. The van der Waals surface area contributed by atoms with E-state index in [2.05, 4.69) is 9.97 Å². The summed E-state index contributed by atoms with van der Waals surface area (Å²) in [5, 5.41) is 10.6. The average molecular weight is 258 g/mol. The highest BCUT2D eigenvalue weighted by Gasteiger charge is 2.25. The Balaban J connectivity index is 2.33. The third-order valence-electron chi connectivity index (χ3n) is 3.21. The number of benzene rings is 1. The number of aliphatic hydroxyl groups is 1. The van der Waals surface area contributed by atoms with Crippen LogP contribution in [0.1, 0.15) is 36.6 Å². The van der Waals surface area contributed by atoms with Crippen LogP contribution in [0.3, 0.4) is 0 Å². The zero-order valence-corrected chi connectivity index (χ0v) is 11.2. The van der Waals surface area contributed by atoms with Crippen molar-refractivity contribution in [3.63, 3.8) is 0 Å². The third kappa shape index (κ3) is 2.90. The van der Waals surface area contributed by atoms with E-state index >= 15 is 0 Å². The van der Waals surface area contributed by atoms with Gasteiger partial charge in [-0.2, -0.15) is 0 Å². The van der Waals surface area contributed by atoms with Crippen molar-refractivity contribution in [2.75, 3.05) is 7.11 Å². The van der Waals surface area contributed by atoms with Crippen molar-refractivity contribution in [1.82, 2.24) is 9.97 Å². The van der Waals surface area contributed by atoms with Gasteiger partial charge in [0.05, 0.1) is 7.11 Å². The first-order chi connectivity index (χ1) is 9.27. The van der Waals surface area contributed by atoms with Gasteiger partial charge in [0.1, 0.15) is 11.8 Å². The first-order valence-electron chi connectivity index (χ1n) is 6.35. The lowest BCUT2D eigenvalue weighted by Crippen LogP contribution is -2.13. The maximum Gasteiger partial charge on any atom is 0.238 e. The highest BCUT2D eigenvalue weighted by molar-refractivity contribution is 5.27. The summed E-state index contributed by atoms with van der Waals surface area (Å²) in [4.78, 5) is 8.29. The number of hydrogen-bond donors (Lipinski definition) is 1. The molecule has 0 fully saturated rings. The highest BCUT2D eigenvalue weighted by Crippen LogP contribution is 2.35. The van der Waals surface area contributed by atoms with Gasteiger partial charge in [-0.05, 0) is 12.0 Å². The maximum atomic E-state index is 10.6. The first kappa shape index (κ1) is 13.5. The zero-order valence-electron chi connectivity index (χ0n) is 11.2. The van der Waals surface area contributed by atoms with E-state index in [0.717, 1.165) is 12.0 Å². The standard InChI is InChI=1S/C15H18N2O2/c1-3-12(11-7-5-4-6-8-11)14(18)13-15(19-2)17-10-9-16-13/h4-10,12,14,18H,3H2,1-2H3. The smallest absolute Gasteiger partial charge is 0.238 e. The van der Waals surface area contributed by atoms with E-state index in [4.69, 9.17) is 4.74 Å². The summed E-state index contributed by atoms with van der Waals surface area (Å²) in [6.45, 7) is 2.05. The lowest BCUT2D eigenvalue weighted by atomic mass is 9.89. The molecule has 1 aromatic carbocycles. The van der Waals surface area contributed by atoms with Crippen LogP contribution in [0.5, 0.6) is 5.88 Å². The molecule has 0 bridgehead atoms. The van der Waals surface area contributed by atoms with E-state index in [-0.39, 0.29) is 5.92 Å². The molecule has 0 radical (unpaired) electrons. The summed E-state index contributed by atoms with van der Waals surface area (Å²) in [5.41, 5.74) is 1.57. The highest BCUT2D eigenvalue weighted by atomic mass is 16.5. The minimum Gasteiger partial charge on any atom is -0.480 e. The summed E-state index contributed by atoms with van der Waals surface area (Å²) in [5.74, 6) is 0.358. The molecule has 0 saturated carbocycles. The molecule has 0 aliphatic heterocycles. The predicted octanol–water partition coefficient (Wildman–Crippen LogP) is 2.71. The number of hydrogen-bond acceptors (Lipinski definition) is 4. The van der Waals surface area contributed by atoms with Gasteiger partial charge in [0.25, 0.3) is 0 Å². The summed E-state index contributed by atoms with van der Waals surface area (Å²) in [7, 11) is 1.53. The van der Waals surface area contributed by atoms with Gasteiger partial charge in [0.15, 0.2) is 0 Å². The van der Waals surface area contributed by atoms with E-state index in [9.17, 15) is 5.11 Å². The molecule has 2 rings (SSSR count). The van der Waals surface area contributed by atoms with Gasteiger partial charge in [-0.15, -0.1) is 0 Å². The van der Waals surface area contributed by atoms with Crippen molar-refractivity contribution in [1.29, 1.82) is 0 Å². The Morgan fingerprint density at radius 3 is 2.47 bits per heavy atom. The zero-order chi connectivity index (χ0) is 13.7. The number of ether oxygens (including phenoxy) is 1. The molecular formula is C15H18N2O2. The lowest BCUT2D eigenvalue weighted by Gasteiger charge is -2.22. The predicted molar refractivity (Wildman–Crippen MR) is 73.0 cm³/mol. The molecule has 0 aliphatic rings. The Morgan fingerprint density at radius 2 is 1.84 bits per heavy atom. The monoisotopic (exact) mass is 258 g/mol. The normalized spacial score (nSPS) is 13.8. The first-order valence-corrected chi connectivity index (χ1v) is 6.35. The molecule has 2 aromatic rings. The molecule has 2 unspecified atom stereocenters. The molecule has 2 atom stereocenters. The molecule has 0 aliphatic carbocycles. The topological polar surface area (TPSA) is 55.2 Å². The summed E-state index contributed by atoms with van der Waals surface area (Å²) in [6.07, 6.45) is 3.21. The van der Waals surface area contributed by atoms with Crippen molar-refractivity contribution < 1.29 is 9.84 Å². The van der Waals surface area contributed by atoms with Crippen LogP contribution in [0.25, 0.3) is 0 Å². The van der Waals surface area contributed by atoms with Crippen molar-refractivity contribution in [2.24, 2.45) is 0 Å². The van der Waals surface area contributed by atoms with E-state index in [0.29, 0.717) is 11.6 Å². The molecule has 0 amide bonds. The van der Waals surface area contributed by atoms with E-state index in [1.54, 1.807) is 12.4 Å². The van der Waals surface area contributed by atoms with Gasteiger partial charge in [-0.1, -0.05) is 37.3 Å². The number of methoxy groups -OCH3 is 1. The molecule has 4 nitrogen and oxygen atoms in total. The van der Waals surface area contributed by atoms with Crippen LogP contribution in [-0.2, 0) is 0 Å². The quantitative estimate of drug-likeness (QED) is 0.896. The molecule has 100 valence electrons. The largest absolute Gasteiger partial charge is 0.480 e. The van der Waals surface area contributed by atoms with Gasteiger partial charge in [-0.3, -0.25) is 4.98 Å². The molecule has 1 heterocycles. The van der Waals surface area contributed by atoms with Gasteiger partial charge >= 0.3 is 0 Å². The van der Waals surface area contributed by atoms with Crippen molar-refractivity contribution in [2.45, 2.75) is 25.4 Å². The minimum absolute atomic E-state index is 0.0215. The number of nitrogens with zero attached hydrogens (tertiary/aromatic N) is 2. The molecule has 4 heteroatoms. The summed E-state index contributed by atoms with van der Waals surface area (Å²) < 4.78 is 5.16. The van der Waals surface area contributed by atoms with Crippen LogP contribution >= 0.6 is 0 Å². The second kappa shape index (κ2) is 6.29. The Labute approximate surface area is 113 Å².